The van der Waals surface area contributed by atoms with E-state index in [1.807, 2.05) is 19.1 Å². The molecule has 0 radical (unpaired) electrons. The molecule has 0 saturated carbocycles. The summed E-state index contributed by atoms with van der Waals surface area (Å²) in [4.78, 5) is 0.330. The average molecular weight is 309 g/mol. The monoisotopic (exact) mass is 309 g/mol. The van der Waals surface area contributed by atoms with Crippen LogP contribution in [0.1, 0.15) is 25.0 Å². The number of benzene rings is 1. The molecule has 0 aromatic heterocycles. The van der Waals surface area contributed by atoms with Crippen LogP contribution in [-0.2, 0) is 10.0 Å². The third-order valence-corrected chi connectivity index (χ3v) is 5.39. The van der Waals surface area contributed by atoms with Gasteiger partial charge >= 0.3 is 0 Å². The van der Waals surface area contributed by atoms with E-state index in [0.717, 1.165) is 12.2 Å². The summed E-state index contributed by atoms with van der Waals surface area (Å²) in [6, 6.07) is 5.73. The van der Waals surface area contributed by atoms with E-state index in [1.165, 1.54) is 11.4 Å². The molecule has 116 valence electrons. The number of anilines is 1. The Balaban J connectivity index is 3.23. The van der Waals surface area contributed by atoms with Gasteiger partial charge in [-0.15, -0.1) is 0 Å². The van der Waals surface area contributed by atoms with Crippen molar-refractivity contribution in [2.75, 3.05) is 25.5 Å². The Hall–Kier alpha value is -1.58. The summed E-state index contributed by atoms with van der Waals surface area (Å²) >= 11 is 0. The van der Waals surface area contributed by atoms with Crippen molar-refractivity contribution in [2.45, 2.75) is 32.6 Å². The van der Waals surface area contributed by atoms with Crippen LogP contribution in [0, 0.1) is 31.1 Å². The second kappa shape index (κ2) is 6.92. The Kier molecular flexibility index (Phi) is 5.76. The molecule has 0 amide bonds. The lowest BCUT2D eigenvalue weighted by atomic mass is 10.1. The summed E-state index contributed by atoms with van der Waals surface area (Å²) in [7, 11) is -2.07. The summed E-state index contributed by atoms with van der Waals surface area (Å²) in [5.41, 5.74) is 2.34. The average Bonchev–Trinajstić information content (AvgIpc) is 2.37. The van der Waals surface area contributed by atoms with Crippen molar-refractivity contribution in [3.05, 3.63) is 23.3 Å². The van der Waals surface area contributed by atoms with Crippen LogP contribution in [0.4, 0.5) is 5.69 Å². The third-order valence-electron chi connectivity index (χ3n) is 3.26. The van der Waals surface area contributed by atoms with Crippen LogP contribution in [-0.4, -0.2) is 32.9 Å². The summed E-state index contributed by atoms with van der Waals surface area (Å²) in [5, 5.41) is 12.0. The number of nitriles is 1. The highest BCUT2D eigenvalue weighted by Gasteiger charge is 2.26. The maximum absolute atomic E-state index is 12.7. The van der Waals surface area contributed by atoms with Crippen LogP contribution in [0.25, 0.3) is 0 Å². The number of nitrogens with zero attached hydrogens (tertiary/aromatic N) is 2. The van der Waals surface area contributed by atoms with Crippen LogP contribution < -0.4 is 5.32 Å². The van der Waals surface area contributed by atoms with E-state index >= 15 is 0 Å². The van der Waals surface area contributed by atoms with Crippen molar-refractivity contribution >= 4 is 15.7 Å². The molecule has 1 rings (SSSR count). The van der Waals surface area contributed by atoms with Crippen LogP contribution in [0.2, 0.25) is 0 Å². The first-order chi connectivity index (χ1) is 9.73. The second-order valence-electron chi connectivity index (χ2n) is 5.29. The molecule has 0 spiro atoms. The van der Waals surface area contributed by atoms with Gasteiger partial charge in [-0.25, -0.2) is 8.42 Å². The van der Waals surface area contributed by atoms with Gasteiger partial charge in [0.25, 0.3) is 0 Å². The first-order valence-electron chi connectivity index (χ1n) is 6.95. The zero-order valence-electron chi connectivity index (χ0n) is 13.3. The highest BCUT2D eigenvalue weighted by molar-refractivity contribution is 7.89. The van der Waals surface area contributed by atoms with Gasteiger partial charge in [-0.3, -0.25) is 0 Å². The molecular formula is C15H23N3O2S. The lowest BCUT2D eigenvalue weighted by molar-refractivity contribution is 0.438. The zero-order chi connectivity index (χ0) is 16.2. The van der Waals surface area contributed by atoms with E-state index in [0.29, 0.717) is 16.0 Å². The molecule has 0 bridgehead atoms. The van der Waals surface area contributed by atoms with Crippen molar-refractivity contribution in [2.24, 2.45) is 5.92 Å². The molecule has 0 saturated heterocycles. The van der Waals surface area contributed by atoms with Crippen LogP contribution in [0.3, 0.4) is 0 Å². The van der Waals surface area contributed by atoms with Gasteiger partial charge in [0.15, 0.2) is 0 Å². The first kappa shape index (κ1) is 17.5. The number of hydrogen-bond acceptors (Lipinski definition) is 4. The van der Waals surface area contributed by atoms with E-state index in [4.69, 9.17) is 5.26 Å². The Bertz CT molecular complexity index is 624. The Labute approximate surface area is 127 Å². The van der Waals surface area contributed by atoms with Crippen molar-refractivity contribution < 1.29 is 8.42 Å². The Morgan fingerprint density at radius 3 is 2.29 bits per heavy atom. The Morgan fingerprint density at radius 1 is 1.33 bits per heavy atom. The third kappa shape index (κ3) is 3.96. The number of hydrogen-bond donors (Lipinski definition) is 1. The fourth-order valence-corrected chi connectivity index (χ4v) is 4.01. The molecule has 1 N–H and O–H groups in total. The number of aryl methyl sites for hydroxylation is 2. The van der Waals surface area contributed by atoms with E-state index in [2.05, 4.69) is 11.4 Å². The molecule has 0 heterocycles. The largest absolute Gasteiger partial charge is 0.385 e. The lowest BCUT2D eigenvalue weighted by Gasteiger charge is -2.21. The van der Waals surface area contributed by atoms with Crippen molar-refractivity contribution in [1.29, 1.82) is 5.26 Å². The summed E-state index contributed by atoms with van der Waals surface area (Å²) in [6.45, 7) is 8.26. The fraction of sp³-hybridized carbons (Fsp3) is 0.533. The summed E-state index contributed by atoms with van der Waals surface area (Å²) in [6.07, 6.45) is 0. The van der Waals surface area contributed by atoms with E-state index in [1.54, 1.807) is 20.8 Å². The molecule has 0 fully saturated rings. The summed E-state index contributed by atoms with van der Waals surface area (Å²) < 4.78 is 26.6. The molecule has 0 aliphatic rings. The van der Waals surface area contributed by atoms with Crippen molar-refractivity contribution in [1.82, 2.24) is 4.31 Å². The predicted octanol–water partition coefficient (Wildman–Crippen LogP) is 2.52. The minimum absolute atomic E-state index is 0.187. The quantitative estimate of drug-likeness (QED) is 0.876. The van der Waals surface area contributed by atoms with Gasteiger partial charge in [0.1, 0.15) is 0 Å². The van der Waals surface area contributed by atoms with Crippen molar-refractivity contribution in [3.8, 4) is 6.07 Å². The van der Waals surface area contributed by atoms with Gasteiger partial charge in [0.2, 0.25) is 10.0 Å². The summed E-state index contributed by atoms with van der Waals surface area (Å²) in [5.74, 6) is -0.341. The highest BCUT2D eigenvalue weighted by Crippen LogP contribution is 2.27. The topological polar surface area (TPSA) is 73.2 Å². The smallest absolute Gasteiger partial charge is 0.243 e. The zero-order valence-corrected chi connectivity index (χ0v) is 14.1. The molecule has 0 aliphatic carbocycles. The first-order valence-corrected chi connectivity index (χ1v) is 8.39. The molecule has 21 heavy (non-hydrogen) atoms. The van der Waals surface area contributed by atoms with Crippen LogP contribution in [0.5, 0.6) is 0 Å². The van der Waals surface area contributed by atoms with Gasteiger partial charge in [0.05, 0.1) is 16.9 Å². The molecule has 5 nitrogen and oxygen atoms in total. The molecular weight excluding hydrogens is 286 g/mol. The standard InChI is InChI=1S/C15H23N3O2S/c1-6-17-14-7-12(3)15(13(4)8-14)21(19,20)18(5)10-11(2)9-16/h7-8,11,17H,6,10H2,1-5H3. The molecule has 0 aliphatic heterocycles. The van der Waals surface area contributed by atoms with Gasteiger partial charge in [-0.05, 0) is 51.0 Å². The maximum Gasteiger partial charge on any atom is 0.243 e. The molecule has 1 atom stereocenters. The Morgan fingerprint density at radius 2 is 1.86 bits per heavy atom. The lowest BCUT2D eigenvalue weighted by Crippen LogP contribution is -2.31. The predicted molar refractivity (Wildman–Crippen MR) is 84.7 cm³/mol. The van der Waals surface area contributed by atoms with E-state index in [9.17, 15) is 8.42 Å². The highest BCUT2D eigenvalue weighted by atomic mass is 32.2. The maximum atomic E-state index is 12.7. The van der Waals surface area contributed by atoms with Gasteiger partial charge in [-0.1, -0.05) is 0 Å². The minimum Gasteiger partial charge on any atom is -0.385 e. The number of sulfonamides is 1. The van der Waals surface area contributed by atoms with E-state index < -0.39 is 10.0 Å². The normalized spacial score (nSPS) is 13.0. The van der Waals surface area contributed by atoms with Crippen LogP contribution in [0.15, 0.2) is 17.0 Å². The van der Waals surface area contributed by atoms with Crippen LogP contribution >= 0.6 is 0 Å². The SMILES string of the molecule is CCNc1cc(C)c(S(=O)(=O)N(C)CC(C)C#N)c(C)c1. The van der Waals surface area contributed by atoms with Gasteiger partial charge < -0.3 is 5.32 Å². The number of nitrogens with one attached hydrogen (secondary N) is 1. The van der Waals surface area contributed by atoms with Gasteiger partial charge in [-0.2, -0.15) is 9.57 Å². The minimum atomic E-state index is -3.58. The fourth-order valence-electron chi connectivity index (χ4n) is 2.34. The van der Waals surface area contributed by atoms with Crippen molar-refractivity contribution in [3.63, 3.8) is 0 Å². The molecule has 1 aromatic carbocycles. The second-order valence-corrected chi connectivity index (χ2v) is 7.27. The van der Waals surface area contributed by atoms with E-state index in [-0.39, 0.29) is 12.5 Å². The molecule has 1 aromatic rings. The van der Waals surface area contributed by atoms with Gasteiger partial charge in [0, 0.05) is 25.8 Å². The molecule has 1 unspecified atom stereocenters. The number of rotatable bonds is 6. The molecule has 6 heteroatoms.